The van der Waals surface area contributed by atoms with E-state index >= 15 is 0 Å². The zero-order chi connectivity index (χ0) is 11.1. The van der Waals surface area contributed by atoms with Crippen molar-refractivity contribution in [3.8, 4) is 0 Å². The minimum absolute atomic E-state index is 0.281. The highest BCUT2D eigenvalue weighted by Gasteiger charge is 2.20. The van der Waals surface area contributed by atoms with E-state index in [1.54, 1.807) is 0 Å². The minimum atomic E-state index is 0.281. The molecule has 86 valence electrons. The van der Waals surface area contributed by atoms with Gasteiger partial charge in [0.25, 0.3) is 0 Å². The van der Waals surface area contributed by atoms with E-state index in [2.05, 4.69) is 11.9 Å². The largest absolute Gasteiger partial charge is 0.343 e. The molecule has 1 amide bonds. The molecule has 0 unspecified atom stereocenters. The molecule has 1 N–H and O–H groups in total. The number of amides is 1. The molecule has 1 heterocycles. The number of allylic oxidation sites excluding steroid dienone is 1. The normalized spacial score (nSPS) is 17.4. The van der Waals surface area contributed by atoms with E-state index < -0.39 is 0 Å². The van der Waals surface area contributed by atoms with E-state index in [1.807, 2.05) is 18.0 Å². The highest BCUT2D eigenvalue weighted by atomic mass is 16.2. The van der Waals surface area contributed by atoms with E-state index in [9.17, 15) is 4.79 Å². The molecular weight excluding hydrogens is 188 g/mol. The smallest absolute Gasteiger partial charge is 0.222 e. The van der Waals surface area contributed by atoms with Crippen LogP contribution in [0, 0.1) is 0 Å². The molecule has 1 aliphatic heterocycles. The Morgan fingerprint density at radius 1 is 1.53 bits per heavy atom. The van der Waals surface area contributed by atoms with Gasteiger partial charge in [-0.1, -0.05) is 6.08 Å². The lowest BCUT2D eigenvalue weighted by Crippen LogP contribution is -2.43. The fourth-order valence-corrected chi connectivity index (χ4v) is 1.97. The first-order chi connectivity index (χ1) is 7.25. The number of nitrogens with one attached hydrogen (secondary N) is 1. The number of unbranched alkanes of at least 4 members (excludes halogenated alkanes) is 1. The van der Waals surface area contributed by atoms with E-state index in [0.717, 1.165) is 38.8 Å². The van der Waals surface area contributed by atoms with E-state index in [0.29, 0.717) is 12.5 Å². The van der Waals surface area contributed by atoms with Crippen molar-refractivity contribution in [2.45, 2.75) is 38.1 Å². The molecule has 1 fully saturated rings. The van der Waals surface area contributed by atoms with Gasteiger partial charge in [-0.15, -0.1) is 6.58 Å². The highest BCUT2D eigenvalue weighted by Crippen LogP contribution is 2.12. The summed E-state index contributed by atoms with van der Waals surface area (Å²) in [7, 11) is 1.94. The maximum absolute atomic E-state index is 11.8. The summed E-state index contributed by atoms with van der Waals surface area (Å²) in [6, 6.07) is 0.447. The first-order valence-electron chi connectivity index (χ1n) is 5.83. The Morgan fingerprint density at radius 2 is 2.20 bits per heavy atom. The van der Waals surface area contributed by atoms with Crippen LogP contribution in [-0.4, -0.2) is 37.0 Å². The van der Waals surface area contributed by atoms with Crippen LogP contribution in [0.3, 0.4) is 0 Å². The van der Waals surface area contributed by atoms with Crippen molar-refractivity contribution in [2.75, 3.05) is 20.1 Å². The molecule has 0 aromatic heterocycles. The Kier molecular flexibility index (Phi) is 5.40. The lowest BCUT2D eigenvalue weighted by Gasteiger charge is -2.31. The molecule has 15 heavy (non-hydrogen) atoms. The van der Waals surface area contributed by atoms with Crippen LogP contribution in [0.25, 0.3) is 0 Å². The van der Waals surface area contributed by atoms with Gasteiger partial charge in [0.15, 0.2) is 0 Å². The van der Waals surface area contributed by atoms with Crippen LogP contribution in [0.1, 0.15) is 32.1 Å². The van der Waals surface area contributed by atoms with E-state index in [-0.39, 0.29) is 5.91 Å². The number of nitrogens with zero attached hydrogens (tertiary/aromatic N) is 1. The molecule has 0 spiro atoms. The number of carbonyl (C=O) groups is 1. The summed E-state index contributed by atoms with van der Waals surface area (Å²) in [5.74, 6) is 0.281. The third-order valence-electron chi connectivity index (χ3n) is 3.05. The van der Waals surface area contributed by atoms with Gasteiger partial charge in [0, 0.05) is 19.5 Å². The van der Waals surface area contributed by atoms with Gasteiger partial charge in [-0.3, -0.25) is 4.79 Å². The fraction of sp³-hybridized carbons (Fsp3) is 0.750. The molecule has 1 rings (SSSR count). The molecule has 0 aliphatic carbocycles. The number of carbonyl (C=O) groups excluding carboxylic acids is 1. The third kappa shape index (κ3) is 4.04. The van der Waals surface area contributed by atoms with Crippen LogP contribution >= 0.6 is 0 Å². The first kappa shape index (κ1) is 12.2. The number of piperidine rings is 1. The second-order valence-electron chi connectivity index (χ2n) is 4.17. The van der Waals surface area contributed by atoms with Gasteiger partial charge in [-0.2, -0.15) is 0 Å². The number of rotatable bonds is 5. The number of hydrogen-bond donors (Lipinski definition) is 1. The molecular formula is C12H22N2O. The maximum atomic E-state index is 11.8. The maximum Gasteiger partial charge on any atom is 0.222 e. The van der Waals surface area contributed by atoms with Crippen LogP contribution < -0.4 is 5.32 Å². The fourth-order valence-electron chi connectivity index (χ4n) is 1.97. The van der Waals surface area contributed by atoms with Gasteiger partial charge in [0.1, 0.15) is 0 Å². The standard InChI is InChI=1S/C12H22N2O/c1-3-4-5-6-12(15)14(2)11-7-9-13-10-8-11/h3,11,13H,1,4-10H2,2H3. The molecule has 0 bridgehead atoms. The van der Waals surface area contributed by atoms with Crippen molar-refractivity contribution in [3.05, 3.63) is 12.7 Å². The second-order valence-corrected chi connectivity index (χ2v) is 4.17. The molecule has 1 saturated heterocycles. The summed E-state index contributed by atoms with van der Waals surface area (Å²) in [5, 5.41) is 3.31. The van der Waals surface area contributed by atoms with Crippen LogP contribution in [0.4, 0.5) is 0 Å². The Bertz CT molecular complexity index is 210. The molecule has 3 heteroatoms. The Morgan fingerprint density at radius 3 is 2.80 bits per heavy atom. The zero-order valence-electron chi connectivity index (χ0n) is 9.67. The Hall–Kier alpha value is -0.830. The summed E-state index contributed by atoms with van der Waals surface area (Å²) in [6.45, 7) is 5.73. The highest BCUT2D eigenvalue weighted by molar-refractivity contribution is 5.76. The molecule has 0 atom stereocenters. The molecule has 0 radical (unpaired) electrons. The molecule has 1 aliphatic rings. The quantitative estimate of drug-likeness (QED) is 0.551. The average molecular weight is 210 g/mol. The first-order valence-corrected chi connectivity index (χ1v) is 5.83. The predicted octanol–water partition coefficient (Wildman–Crippen LogP) is 1.55. The zero-order valence-corrected chi connectivity index (χ0v) is 9.67. The monoisotopic (exact) mass is 210 g/mol. The molecule has 0 aromatic carbocycles. The van der Waals surface area contributed by atoms with Gasteiger partial charge in [0.2, 0.25) is 5.91 Å². The van der Waals surface area contributed by atoms with E-state index in [4.69, 9.17) is 0 Å². The average Bonchev–Trinajstić information content (AvgIpc) is 2.29. The van der Waals surface area contributed by atoms with Crippen molar-refractivity contribution < 1.29 is 4.79 Å². The van der Waals surface area contributed by atoms with Gasteiger partial charge in [0.05, 0.1) is 0 Å². The van der Waals surface area contributed by atoms with Crippen molar-refractivity contribution in [3.63, 3.8) is 0 Å². The van der Waals surface area contributed by atoms with Gasteiger partial charge in [-0.25, -0.2) is 0 Å². The van der Waals surface area contributed by atoms with Gasteiger partial charge in [-0.05, 0) is 38.8 Å². The van der Waals surface area contributed by atoms with Crippen LogP contribution in [0.5, 0.6) is 0 Å². The van der Waals surface area contributed by atoms with Crippen LogP contribution in [0.2, 0.25) is 0 Å². The van der Waals surface area contributed by atoms with Gasteiger partial charge >= 0.3 is 0 Å². The lowest BCUT2D eigenvalue weighted by molar-refractivity contribution is -0.132. The van der Waals surface area contributed by atoms with E-state index in [1.165, 1.54) is 0 Å². The topological polar surface area (TPSA) is 32.3 Å². The molecule has 3 nitrogen and oxygen atoms in total. The van der Waals surface area contributed by atoms with Crippen molar-refractivity contribution in [2.24, 2.45) is 0 Å². The SMILES string of the molecule is C=CCCCC(=O)N(C)C1CCNCC1. The van der Waals surface area contributed by atoms with Crippen LogP contribution in [-0.2, 0) is 4.79 Å². The molecule has 0 saturated carbocycles. The predicted molar refractivity (Wildman–Crippen MR) is 62.7 cm³/mol. The summed E-state index contributed by atoms with van der Waals surface area (Å²) < 4.78 is 0. The summed E-state index contributed by atoms with van der Waals surface area (Å²) in [6.07, 6.45) is 6.57. The minimum Gasteiger partial charge on any atom is -0.343 e. The summed E-state index contributed by atoms with van der Waals surface area (Å²) in [4.78, 5) is 13.7. The summed E-state index contributed by atoms with van der Waals surface area (Å²) >= 11 is 0. The second kappa shape index (κ2) is 6.62. The third-order valence-corrected chi connectivity index (χ3v) is 3.05. The summed E-state index contributed by atoms with van der Waals surface area (Å²) in [5.41, 5.74) is 0. The van der Waals surface area contributed by atoms with Crippen molar-refractivity contribution >= 4 is 5.91 Å². The van der Waals surface area contributed by atoms with Crippen LogP contribution in [0.15, 0.2) is 12.7 Å². The molecule has 0 aromatic rings. The Labute approximate surface area is 92.5 Å². The van der Waals surface area contributed by atoms with Gasteiger partial charge < -0.3 is 10.2 Å². The Balaban J connectivity index is 2.27. The van der Waals surface area contributed by atoms with Crippen molar-refractivity contribution in [1.29, 1.82) is 0 Å². The van der Waals surface area contributed by atoms with Crippen molar-refractivity contribution in [1.82, 2.24) is 10.2 Å². The number of hydrogen-bond acceptors (Lipinski definition) is 2. The lowest BCUT2D eigenvalue weighted by atomic mass is 10.0.